The first-order valence-electron chi connectivity index (χ1n) is 6.41. The molecule has 0 aliphatic heterocycles. The highest BCUT2D eigenvalue weighted by molar-refractivity contribution is 5.95. The number of benzene rings is 1. The Morgan fingerprint density at radius 2 is 1.95 bits per heavy atom. The number of carbonyl (C=O) groups is 2. The van der Waals surface area contributed by atoms with E-state index in [1.165, 1.54) is 6.07 Å². The van der Waals surface area contributed by atoms with E-state index >= 15 is 0 Å². The molecule has 1 amide bonds. The zero-order valence-corrected chi connectivity index (χ0v) is 11.9. The molecule has 0 aliphatic carbocycles. The molecule has 110 valence electrons. The van der Waals surface area contributed by atoms with Crippen molar-refractivity contribution in [1.29, 1.82) is 0 Å². The monoisotopic (exact) mass is 287 g/mol. The number of hydrogen-bond donors (Lipinski definition) is 2. The molecule has 21 heavy (non-hydrogen) atoms. The highest BCUT2D eigenvalue weighted by Crippen LogP contribution is 2.11. The predicted octanol–water partition coefficient (Wildman–Crippen LogP) is 1.71. The van der Waals surface area contributed by atoms with Gasteiger partial charge >= 0.3 is 5.97 Å². The lowest BCUT2D eigenvalue weighted by molar-refractivity contribution is -0.119. The summed E-state index contributed by atoms with van der Waals surface area (Å²) in [4.78, 5) is 23.5. The third-order valence-electron chi connectivity index (χ3n) is 2.90. The zero-order chi connectivity index (χ0) is 15.4. The minimum Gasteiger partial charge on any atom is -0.451 e. The van der Waals surface area contributed by atoms with Gasteiger partial charge in [-0.15, -0.1) is 0 Å². The average molecular weight is 287 g/mol. The molecule has 0 saturated carbocycles. The van der Waals surface area contributed by atoms with Gasteiger partial charge in [0.15, 0.2) is 6.61 Å². The van der Waals surface area contributed by atoms with Gasteiger partial charge in [-0.2, -0.15) is 0 Å². The van der Waals surface area contributed by atoms with Crippen molar-refractivity contribution in [3.05, 3.63) is 47.8 Å². The third-order valence-corrected chi connectivity index (χ3v) is 2.90. The molecule has 0 bridgehead atoms. The second kappa shape index (κ2) is 6.13. The highest BCUT2D eigenvalue weighted by Gasteiger charge is 2.14. The van der Waals surface area contributed by atoms with Gasteiger partial charge in [-0.05, 0) is 25.1 Å². The largest absolute Gasteiger partial charge is 0.451 e. The van der Waals surface area contributed by atoms with Crippen molar-refractivity contribution >= 4 is 23.3 Å². The number of nitrogens with zero attached hydrogens (tertiary/aromatic N) is 1. The summed E-state index contributed by atoms with van der Waals surface area (Å²) in [5.41, 5.74) is 8.10. The van der Waals surface area contributed by atoms with Crippen LogP contribution in [0.3, 0.4) is 0 Å². The van der Waals surface area contributed by atoms with E-state index in [2.05, 4.69) is 5.32 Å². The number of nitrogens with two attached hydrogens (primary N) is 1. The van der Waals surface area contributed by atoms with Crippen LogP contribution in [-0.4, -0.2) is 23.1 Å². The van der Waals surface area contributed by atoms with E-state index in [0.29, 0.717) is 17.1 Å². The Kier molecular flexibility index (Phi) is 4.27. The minimum atomic E-state index is -0.590. The van der Waals surface area contributed by atoms with E-state index < -0.39 is 11.9 Å². The van der Waals surface area contributed by atoms with Crippen LogP contribution < -0.4 is 11.1 Å². The van der Waals surface area contributed by atoms with E-state index in [0.717, 1.165) is 5.56 Å². The van der Waals surface area contributed by atoms with Crippen LogP contribution in [0.4, 0.5) is 11.4 Å². The Balaban J connectivity index is 1.88. The van der Waals surface area contributed by atoms with E-state index in [1.807, 2.05) is 19.1 Å². The molecule has 1 aromatic heterocycles. The lowest BCUT2D eigenvalue weighted by Gasteiger charge is -2.07. The SMILES string of the molecule is Cc1ccc(NC(=O)COC(=O)c2cc(N)cn2C)cc1. The van der Waals surface area contributed by atoms with Crippen LogP contribution in [0.15, 0.2) is 36.5 Å². The quantitative estimate of drug-likeness (QED) is 0.838. The summed E-state index contributed by atoms with van der Waals surface area (Å²) in [5, 5.41) is 2.65. The number of rotatable bonds is 4. The summed E-state index contributed by atoms with van der Waals surface area (Å²) in [6.07, 6.45) is 1.60. The van der Waals surface area contributed by atoms with E-state index in [-0.39, 0.29) is 6.61 Å². The van der Waals surface area contributed by atoms with Crippen LogP contribution in [0.5, 0.6) is 0 Å². The van der Waals surface area contributed by atoms with Crippen molar-refractivity contribution in [2.24, 2.45) is 7.05 Å². The lowest BCUT2D eigenvalue weighted by Crippen LogP contribution is -2.21. The van der Waals surface area contributed by atoms with Gasteiger partial charge in [0, 0.05) is 18.9 Å². The van der Waals surface area contributed by atoms with Gasteiger partial charge in [-0.3, -0.25) is 4.79 Å². The molecule has 6 heteroatoms. The molecule has 3 N–H and O–H groups in total. The molecule has 0 radical (unpaired) electrons. The van der Waals surface area contributed by atoms with Crippen molar-refractivity contribution in [3.8, 4) is 0 Å². The molecule has 1 aromatic carbocycles. The lowest BCUT2D eigenvalue weighted by atomic mass is 10.2. The molecular weight excluding hydrogens is 270 g/mol. The highest BCUT2D eigenvalue weighted by atomic mass is 16.5. The van der Waals surface area contributed by atoms with E-state index in [1.54, 1.807) is 29.9 Å². The number of nitrogens with one attached hydrogen (secondary N) is 1. The first-order valence-corrected chi connectivity index (χ1v) is 6.41. The van der Waals surface area contributed by atoms with Crippen molar-refractivity contribution in [1.82, 2.24) is 4.57 Å². The van der Waals surface area contributed by atoms with Gasteiger partial charge in [0.25, 0.3) is 5.91 Å². The maximum atomic E-state index is 11.8. The van der Waals surface area contributed by atoms with Crippen LogP contribution in [0.1, 0.15) is 16.1 Å². The molecule has 0 atom stereocenters. The number of anilines is 2. The fraction of sp³-hybridized carbons (Fsp3) is 0.200. The van der Waals surface area contributed by atoms with Gasteiger partial charge in [0.05, 0.1) is 5.69 Å². The molecule has 0 fully saturated rings. The molecule has 0 aliphatic rings. The first kappa shape index (κ1) is 14.6. The zero-order valence-electron chi connectivity index (χ0n) is 11.9. The number of aromatic nitrogens is 1. The van der Waals surface area contributed by atoms with Crippen LogP contribution in [0.25, 0.3) is 0 Å². The van der Waals surface area contributed by atoms with Crippen LogP contribution in [0.2, 0.25) is 0 Å². The minimum absolute atomic E-state index is 0.302. The molecule has 2 aromatic rings. The summed E-state index contributed by atoms with van der Waals surface area (Å²) in [7, 11) is 1.68. The molecule has 0 unspecified atom stereocenters. The molecule has 6 nitrogen and oxygen atoms in total. The standard InChI is InChI=1S/C15H17N3O3/c1-10-3-5-12(6-4-10)17-14(19)9-21-15(20)13-7-11(16)8-18(13)2/h3-8H,9,16H2,1-2H3,(H,17,19). The summed E-state index contributed by atoms with van der Waals surface area (Å²) in [5.74, 6) is -0.984. The van der Waals surface area contributed by atoms with E-state index in [4.69, 9.17) is 10.5 Å². The normalized spacial score (nSPS) is 10.2. The summed E-state index contributed by atoms with van der Waals surface area (Å²) in [6, 6.07) is 8.84. The Morgan fingerprint density at radius 1 is 1.29 bits per heavy atom. The van der Waals surface area contributed by atoms with Gasteiger partial charge in [0.1, 0.15) is 5.69 Å². The summed E-state index contributed by atoms with van der Waals surface area (Å²) < 4.78 is 6.50. The van der Waals surface area contributed by atoms with Crippen molar-refractivity contribution in [2.75, 3.05) is 17.7 Å². The molecule has 2 rings (SSSR count). The predicted molar refractivity (Wildman–Crippen MR) is 79.9 cm³/mol. The fourth-order valence-electron chi connectivity index (χ4n) is 1.83. The second-order valence-corrected chi connectivity index (χ2v) is 4.76. The van der Waals surface area contributed by atoms with Crippen LogP contribution >= 0.6 is 0 Å². The Hall–Kier alpha value is -2.76. The van der Waals surface area contributed by atoms with E-state index in [9.17, 15) is 9.59 Å². The summed E-state index contributed by atoms with van der Waals surface area (Å²) >= 11 is 0. The molecule has 1 heterocycles. The topological polar surface area (TPSA) is 86.3 Å². The number of nitrogen functional groups attached to an aromatic ring is 1. The number of ether oxygens (including phenoxy) is 1. The average Bonchev–Trinajstić information content (AvgIpc) is 2.78. The number of carbonyl (C=O) groups excluding carboxylic acids is 2. The first-order chi connectivity index (χ1) is 9.95. The Morgan fingerprint density at radius 3 is 2.52 bits per heavy atom. The number of esters is 1. The number of hydrogen-bond acceptors (Lipinski definition) is 4. The molecule has 0 spiro atoms. The maximum Gasteiger partial charge on any atom is 0.355 e. The third kappa shape index (κ3) is 3.85. The van der Waals surface area contributed by atoms with Crippen molar-refractivity contribution in [2.45, 2.75) is 6.92 Å². The maximum absolute atomic E-state index is 11.8. The van der Waals surface area contributed by atoms with Crippen molar-refractivity contribution in [3.63, 3.8) is 0 Å². The summed E-state index contributed by atoms with van der Waals surface area (Å²) in [6.45, 7) is 1.61. The number of amides is 1. The van der Waals surface area contributed by atoms with Gasteiger partial charge in [0.2, 0.25) is 0 Å². The van der Waals surface area contributed by atoms with Crippen LogP contribution in [0, 0.1) is 6.92 Å². The van der Waals surface area contributed by atoms with Gasteiger partial charge in [-0.1, -0.05) is 17.7 Å². The Labute approximate surface area is 122 Å². The smallest absolute Gasteiger partial charge is 0.355 e. The molecule has 0 saturated heterocycles. The van der Waals surface area contributed by atoms with Gasteiger partial charge < -0.3 is 20.4 Å². The fourth-order valence-corrected chi connectivity index (χ4v) is 1.83. The van der Waals surface area contributed by atoms with Crippen molar-refractivity contribution < 1.29 is 14.3 Å². The number of aryl methyl sites for hydroxylation is 2. The Bertz CT molecular complexity index is 659. The van der Waals surface area contributed by atoms with Gasteiger partial charge in [-0.25, -0.2) is 4.79 Å². The second-order valence-electron chi connectivity index (χ2n) is 4.76. The molecular formula is C15H17N3O3. The van der Waals surface area contributed by atoms with Crippen LogP contribution in [-0.2, 0) is 16.6 Å².